The number of carbonyl (C=O) groups is 1. The van der Waals surface area contributed by atoms with Crippen molar-refractivity contribution < 1.29 is 25.2 Å². The SMILES string of the molecule is Nc1nc(C(O)(C(=O)O)c2cc(O)c(O)c(Br)c2)cs1. The molecule has 1 unspecified atom stereocenters. The first-order chi connectivity index (χ1) is 9.26. The number of carboxylic acids is 1. The number of rotatable bonds is 3. The quantitative estimate of drug-likeness (QED) is 0.519. The number of hydrogen-bond donors (Lipinski definition) is 5. The van der Waals surface area contributed by atoms with Crippen molar-refractivity contribution in [3.05, 3.63) is 33.2 Å². The number of aliphatic hydroxyl groups is 1. The number of phenols is 2. The van der Waals surface area contributed by atoms with Gasteiger partial charge in [0.05, 0.1) is 4.47 Å². The predicted octanol–water partition coefficient (Wildman–Crippen LogP) is 1.22. The second-order valence-corrected chi connectivity index (χ2v) is 5.66. The van der Waals surface area contributed by atoms with Gasteiger partial charge in [-0.15, -0.1) is 11.3 Å². The van der Waals surface area contributed by atoms with E-state index in [0.717, 1.165) is 17.4 Å². The summed E-state index contributed by atoms with van der Waals surface area (Å²) in [6, 6.07) is 2.13. The molecule has 1 heterocycles. The van der Waals surface area contributed by atoms with E-state index in [-0.39, 0.29) is 20.9 Å². The maximum Gasteiger partial charge on any atom is 0.346 e. The van der Waals surface area contributed by atoms with E-state index in [9.17, 15) is 25.2 Å². The third kappa shape index (κ3) is 2.19. The van der Waals surface area contributed by atoms with Crippen molar-refractivity contribution in [1.29, 1.82) is 0 Å². The minimum absolute atomic E-state index is 0.0374. The molecule has 0 saturated heterocycles. The standard InChI is InChI=1S/C11H9BrN2O5S/c12-5-1-4(2-6(15)8(5)16)11(19,9(17)18)7-3-20-10(13)14-7/h1-3,15-16,19H,(H2,13,14)(H,17,18). The molecule has 6 N–H and O–H groups in total. The summed E-state index contributed by atoms with van der Waals surface area (Å²) in [4.78, 5) is 15.2. The fourth-order valence-corrected chi connectivity index (χ4v) is 2.68. The lowest BCUT2D eigenvalue weighted by atomic mass is 9.91. The number of anilines is 1. The Hall–Kier alpha value is -1.84. The molecule has 0 fully saturated rings. The van der Waals surface area contributed by atoms with Crippen molar-refractivity contribution in [1.82, 2.24) is 4.98 Å². The van der Waals surface area contributed by atoms with Crippen LogP contribution in [0.1, 0.15) is 11.3 Å². The molecule has 0 spiro atoms. The minimum Gasteiger partial charge on any atom is -0.504 e. The van der Waals surface area contributed by atoms with Gasteiger partial charge in [-0.25, -0.2) is 9.78 Å². The number of carboxylic acid groups (broad SMARTS) is 1. The van der Waals surface area contributed by atoms with E-state index in [1.165, 1.54) is 11.4 Å². The Bertz CT molecular complexity index is 666. The Balaban J connectivity index is 2.68. The van der Waals surface area contributed by atoms with Gasteiger partial charge in [0, 0.05) is 10.9 Å². The smallest absolute Gasteiger partial charge is 0.346 e. The number of thiazole rings is 1. The predicted molar refractivity (Wildman–Crippen MR) is 74.6 cm³/mol. The molecule has 106 valence electrons. The number of benzene rings is 1. The summed E-state index contributed by atoms with van der Waals surface area (Å²) >= 11 is 3.93. The van der Waals surface area contributed by atoms with Crippen molar-refractivity contribution in [2.75, 3.05) is 5.73 Å². The monoisotopic (exact) mass is 360 g/mol. The maximum atomic E-state index is 11.5. The van der Waals surface area contributed by atoms with E-state index in [2.05, 4.69) is 20.9 Å². The zero-order valence-corrected chi connectivity index (χ0v) is 12.1. The van der Waals surface area contributed by atoms with Gasteiger partial charge in [0.2, 0.25) is 5.60 Å². The third-order valence-electron chi connectivity index (χ3n) is 2.66. The van der Waals surface area contributed by atoms with Gasteiger partial charge in [-0.05, 0) is 28.1 Å². The van der Waals surface area contributed by atoms with Gasteiger partial charge in [0.25, 0.3) is 0 Å². The summed E-state index contributed by atoms with van der Waals surface area (Å²) in [5.74, 6) is -2.61. The summed E-state index contributed by atoms with van der Waals surface area (Å²) in [6.07, 6.45) is 0. The van der Waals surface area contributed by atoms with Crippen molar-refractivity contribution in [2.45, 2.75) is 5.60 Å². The Morgan fingerprint density at radius 2 is 2.05 bits per heavy atom. The molecule has 0 amide bonds. The summed E-state index contributed by atoms with van der Waals surface area (Å²) in [6.45, 7) is 0. The summed E-state index contributed by atoms with van der Waals surface area (Å²) in [7, 11) is 0. The van der Waals surface area contributed by atoms with E-state index in [0.29, 0.717) is 0 Å². The van der Waals surface area contributed by atoms with Gasteiger partial charge < -0.3 is 26.2 Å². The fourth-order valence-electron chi connectivity index (χ4n) is 1.63. The lowest BCUT2D eigenvalue weighted by Crippen LogP contribution is -2.37. The zero-order valence-electron chi connectivity index (χ0n) is 9.74. The van der Waals surface area contributed by atoms with Gasteiger partial charge in [0.1, 0.15) is 5.69 Å². The molecule has 0 aliphatic heterocycles. The highest BCUT2D eigenvalue weighted by atomic mass is 79.9. The van der Waals surface area contributed by atoms with Crippen LogP contribution in [0, 0.1) is 0 Å². The lowest BCUT2D eigenvalue weighted by molar-refractivity contribution is -0.155. The van der Waals surface area contributed by atoms with Crippen molar-refractivity contribution in [2.24, 2.45) is 0 Å². The normalized spacial score (nSPS) is 13.9. The molecule has 0 bridgehead atoms. The molecule has 0 radical (unpaired) electrons. The van der Waals surface area contributed by atoms with Crippen molar-refractivity contribution in [3.63, 3.8) is 0 Å². The van der Waals surface area contributed by atoms with Crippen LogP contribution >= 0.6 is 27.3 Å². The topological polar surface area (TPSA) is 137 Å². The molecular formula is C11H9BrN2O5S. The van der Waals surface area contributed by atoms with E-state index in [1.54, 1.807) is 0 Å². The Kier molecular flexibility index (Phi) is 3.59. The highest BCUT2D eigenvalue weighted by Gasteiger charge is 2.43. The van der Waals surface area contributed by atoms with E-state index < -0.39 is 23.1 Å². The van der Waals surface area contributed by atoms with E-state index in [1.807, 2.05) is 0 Å². The number of halogens is 1. The molecule has 1 atom stereocenters. The van der Waals surface area contributed by atoms with Crippen LogP contribution in [0.5, 0.6) is 11.5 Å². The second kappa shape index (κ2) is 4.93. The van der Waals surface area contributed by atoms with Crippen LogP contribution in [0.2, 0.25) is 0 Å². The van der Waals surface area contributed by atoms with Gasteiger partial charge in [0.15, 0.2) is 16.6 Å². The number of aromatic nitrogens is 1. The van der Waals surface area contributed by atoms with Gasteiger partial charge in [-0.1, -0.05) is 0 Å². The van der Waals surface area contributed by atoms with Gasteiger partial charge in [-0.3, -0.25) is 0 Å². The number of aliphatic carboxylic acids is 1. The number of aromatic hydroxyl groups is 2. The fraction of sp³-hybridized carbons (Fsp3) is 0.0909. The highest BCUT2D eigenvalue weighted by Crippen LogP contribution is 2.40. The minimum atomic E-state index is -2.48. The molecule has 20 heavy (non-hydrogen) atoms. The Labute approximate surface area is 125 Å². The molecule has 2 aromatic rings. The van der Waals surface area contributed by atoms with Crippen LogP contribution in [0.4, 0.5) is 5.13 Å². The van der Waals surface area contributed by atoms with Crippen molar-refractivity contribution in [3.8, 4) is 11.5 Å². The van der Waals surface area contributed by atoms with Crippen LogP contribution in [0.3, 0.4) is 0 Å². The molecule has 1 aromatic heterocycles. The van der Waals surface area contributed by atoms with Gasteiger partial charge >= 0.3 is 5.97 Å². The Morgan fingerprint density at radius 3 is 2.50 bits per heavy atom. The number of nitrogens with two attached hydrogens (primary N) is 1. The average Bonchev–Trinajstić information content (AvgIpc) is 2.81. The van der Waals surface area contributed by atoms with Crippen LogP contribution in [0.25, 0.3) is 0 Å². The lowest BCUT2D eigenvalue weighted by Gasteiger charge is -2.22. The largest absolute Gasteiger partial charge is 0.504 e. The zero-order chi connectivity index (χ0) is 15.1. The molecule has 1 aromatic carbocycles. The van der Waals surface area contributed by atoms with Crippen LogP contribution in [-0.2, 0) is 10.4 Å². The molecule has 0 aliphatic carbocycles. The maximum absolute atomic E-state index is 11.5. The first-order valence-corrected chi connectivity index (χ1v) is 6.83. The Morgan fingerprint density at radius 1 is 1.40 bits per heavy atom. The summed E-state index contributed by atoms with van der Waals surface area (Å²) in [5.41, 5.74) is 2.61. The number of phenolic OH excluding ortho intramolecular Hbond substituents is 2. The molecule has 0 aliphatic rings. The average molecular weight is 361 g/mol. The van der Waals surface area contributed by atoms with Crippen LogP contribution in [0.15, 0.2) is 22.0 Å². The number of nitrogen functional groups attached to an aromatic ring is 1. The third-order valence-corrected chi connectivity index (χ3v) is 3.94. The first kappa shape index (κ1) is 14.6. The molecule has 2 rings (SSSR count). The number of hydrogen-bond acceptors (Lipinski definition) is 7. The van der Waals surface area contributed by atoms with Crippen LogP contribution < -0.4 is 5.73 Å². The van der Waals surface area contributed by atoms with Gasteiger partial charge in [-0.2, -0.15) is 0 Å². The highest BCUT2D eigenvalue weighted by molar-refractivity contribution is 9.10. The summed E-state index contributed by atoms with van der Waals surface area (Å²) in [5, 5.41) is 40.2. The molecular weight excluding hydrogens is 352 g/mol. The second-order valence-electron chi connectivity index (χ2n) is 3.91. The summed E-state index contributed by atoms with van der Waals surface area (Å²) < 4.78 is 0.0374. The first-order valence-electron chi connectivity index (χ1n) is 5.16. The number of nitrogens with zero attached hydrogens (tertiary/aromatic N) is 1. The molecule has 7 nitrogen and oxygen atoms in total. The van der Waals surface area contributed by atoms with E-state index >= 15 is 0 Å². The molecule has 9 heteroatoms. The van der Waals surface area contributed by atoms with Crippen LogP contribution in [-0.4, -0.2) is 31.4 Å². The molecule has 0 saturated carbocycles. The van der Waals surface area contributed by atoms with E-state index in [4.69, 9.17) is 5.73 Å². The van der Waals surface area contributed by atoms with Crippen molar-refractivity contribution >= 4 is 38.4 Å².